The summed E-state index contributed by atoms with van der Waals surface area (Å²) in [6.07, 6.45) is 0. The normalized spacial score (nSPS) is 11.7. The molecule has 0 fully saturated rings. The number of benzene rings is 10. The number of para-hydroxylation sites is 4. The molecule has 0 aliphatic rings. The van der Waals surface area contributed by atoms with E-state index in [0.717, 1.165) is 138 Å². The molecule has 0 N–H and O–H groups in total. The van der Waals surface area contributed by atoms with Crippen molar-refractivity contribution in [1.29, 1.82) is 0 Å². The van der Waals surface area contributed by atoms with Crippen molar-refractivity contribution in [2.24, 2.45) is 0 Å². The Bertz CT molecular complexity index is 4340. The molecule has 10 aromatic carbocycles. The van der Waals surface area contributed by atoms with Crippen molar-refractivity contribution in [3.63, 3.8) is 0 Å². The van der Waals surface area contributed by atoms with Crippen LogP contribution in [0.4, 0.5) is 0 Å². The topological polar surface area (TPSA) is 65.0 Å². The third kappa shape index (κ3) is 6.59. The molecule has 5 nitrogen and oxygen atoms in total. The zero-order valence-electron chi connectivity index (χ0n) is 37.7. The molecule has 0 saturated heterocycles. The van der Waals surface area contributed by atoms with Crippen molar-refractivity contribution in [2.75, 3.05) is 0 Å². The smallest absolute Gasteiger partial charge is 0.160 e. The largest absolute Gasteiger partial charge is 0.456 e. The average Bonchev–Trinajstić information content (AvgIpc) is 4.01. The van der Waals surface area contributed by atoms with Crippen LogP contribution in [0.1, 0.15) is 0 Å². The van der Waals surface area contributed by atoms with Crippen LogP contribution in [0.2, 0.25) is 0 Å². The van der Waals surface area contributed by atoms with Gasteiger partial charge in [0.25, 0.3) is 0 Å². The summed E-state index contributed by atoms with van der Waals surface area (Å²) in [5, 5.41) is 7.73. The molecule has 0 atom stereocenters. The van der Waals surface area contributed by atoms with Gasteiger partial charge in [0.05, 0.1) is 22.6 Å². The molecule has 14 aromatic rings. The van der Waals surface area contributed by atoms with Crippen LogP contribution < -0.4 is 0 Å². The standard InChI is InChI=1S/C65H39N3O2/c1-3-16-41(17-4-1)55-39-56(68-65(67-55)47-23-14-21-45(37-47)48-27-15-28-50-49-24-8-11-30-57(49)70-64(48)50)42-34-32-40(33-35-42)44-20-13-22-46(36-44)63-53-38-59-62(52-26-9-12-31-58(52)69-59)60(43-18-5-2-6-19-43)61(53)51-25-7-10-29-54(51)66-63/h1-39H. The Morgan fingerprint density at radius 1 is 0.286 bits per heavy atom. The van der Waals surface area contributed by atoms with Crippen molar-refractivity contribution in [2.45, 2.75) is 0 Å². The third-order valence-corrected chi connectivity index (χ3v) is 13.7. The highest BCUT2D eigenvalue weighted by Gasteiger charge is 2.22. The summed E-state index contributed by atoms with van der Waals surface area (Å²) in [7, 11) is 0. The summed E-state index contributed by atoms with van der Waals surface area (Å²) < 4.78 is 13.1. The fourth-order valence-electron chi connectivity index (χ4n) is 10.4. The maximum absolute atomic E-state index is 6.64. The molecule has 0 bridgehead atoms. The molecule has 14 rings (SSSR count). The van der Waals surface area contributed by atoms with Gasteiger partial charge in [-0.25, -0.2) is 15.0 Å². The quantitative estimate of drug-likeness (QED) is 0.149. The van der Waals surface area contributed by atoms with E-state index in [0.29, 0.717) is 5.82 Å². The van der Waals surface area contributed by atoms with E-state index in [1.54, 1.807) is 0 Å². The number of fused-ring (bicyclic) bond motifs is 9. The van der Waals surface area contributed by atoms with Gasteiger partial charge in [-0.15, -0.1) is 0 Å². The van der Waals surface area contributed by atoms with Gasteiger partial charge in [-0.3, -0.25) is 0 Å². The lowest BCUT2D eigenvalue weighted by molar-refractivity contribution is 0.669. The Labute approximate surface area is 402 Å². The maximum Gasteiger partial charge on any atom is 0.160 e. The lowest BCUT2D eigenvalue weighted by Crippen LogP contribution is -1.96. The number of nitrogens with zero attached hydrogens (tertiary/aromatic N) is 3. The van der Waals surface area contributed by atoms with Gasteiger partial charge < -0.3 is 8.83 Å². The van der Waals surface area contributed by atoms with E-state index < -0.39 is 0 Å². The number of aromatic nitrogens is 3. The van der Waals surface area contributed by atoms with Crippen LogP contribution in [0, 0.1) is 0 Å². The number of pyridine rings is 1. The second-order valence-corrected chi connectivity index (χ2v) is 17.8. The molecule has 0 radical (unpaired) electrons. The first kappa shape index (κ1) is 39.7. The van der Waals surface area contributed by atoms with Crippen LogP contribution in [-0.2, 0) is 0 Å². The van der Waals surface area contributed by atoms with Gasteiger partial charge >= 0.3 is 0 Å². The zero-order chi connectivity index (χ0) is 46.1. The molecule has 5 heteroatoms. The van der Waals surface area contributed by atoms with Gasteiger partial charge in [0, 0.05) is 71.1 Å². The molecule has 0 aliphatic carbocycles. The summed E-state index contributed by atoms with van der Waals surface area (Å²) in [5.74, 6) is 0.650. The van der Waals surface area contributed by atoms with Crippen molar-refractivity contribution >= 4 is 65.6 Å². The van der Waals surface area contributed by atoms with Crippen LogP contribution >= 0.6 is 0 Å². The van der Waals surface area contributed by atoms with Crippen molar-refractivity contribution in [3.8, 4) is 78.5 Å². The van der Waals surface area contributed by atoms with Crippen molar-refractivity contribution in [1.82, 2.24) is 15.0 Å². The van der Waals surface area contributed by atoms with Crippen molar-refractivity contribution < 1.29 is 8.83 Å². The van der Waals surface area contributed by atoms with E-state index >= 15 is 0 Å². The predicted octanol–water partition coefficient (Wildman–Crippen LogP) is 17.6. The average molecular weight is 894 g/mol. The van der Waals surface area contributed by atoms with E-state index in [4.69, 9.17) is 23.8 Å². The second kappa shape index (κ2) is 16.1. The first-order chi connectivity index (χ1) is 34.7. The molecule has 4 aromatic heterocycles. The fourth-order valence-corrected chi connectivity index (χ4v) is 10.4. The number of rotatable bonds is 7. The minimum atomic E-state index is 0.650. The van der Waals surface area contributed by atoms with E-state index in [-0.39, 0.29) is 0 Å². The summed E-state index contributed by atoms with van der Waals surface area (Å²) >= 11 is 0. The minimum Gasteiger partial charge on any atom is -0.456 e. The Kier molecular flexibility index (Phi) is 9.14. The molecule has 0 saturated carbocycles. The molecule has 70 heavy (non-hydrogen) atoms. The van der Waals surface area contributed by atoms with Gasteiger partial charge in [-0.1, -0.05) is 194 Å². The molecular formula is C65H39N3O2. The summed E-state index contributed by atoms with van der Waals surface area (Å²) in [5.41, 5.74) is 17.5. The highest BCUT2D eigenvalue weighted by atomic mass is 16.3. The van der Waals surface area contributed by atoms with Crippen LogP contribution in [0.25, 0.3) is 144 Å². The molecule has 4 heterocycles. The highest BCUT2D eigenvalue weighted by molar-refractivity contribution is 6.27. The van der Waals surface area contributed by atoms with E-state index in [2.05, 4.69) is 200 Å². The number of furan rings is 2. The van der Waals surface area contributed by atoms with Gasteiger partial charge in [-0.05, 0) is 64.7 Å². The predicted molar refractivity (Wildman–Crippen MR) is 287 cm³/mol. The van der Waals surface area contributed by atoms with Gasteiger partial charge in [0.2, 0.25) is 0 Å². The monoisotopic (exact) mass is 893 g/mol. The van der Waals surface area contributed by atoms with Gasteiger partial charge in [0.15, 0.2) is 5.82 Å². The van der Waals surface area contributed by atoms with Crippen LogP contribution in [0.15, 0.2) is 245 Å². The minimum absolute atomic E-state index is 0.650. The van der Waals surface area contributed by atoms with E-state index in [1.807, 2.05) is 36.4 Å². The Hall–Kier alpha value is -9.45. The molecule has 0 spiro atoms. The third-order valence-electron chi connectivity index (χ3n) is 13.7. The summed E-state index contributed by atoms with van der Waals surface area (Å²) in [6, 6.07) is 82.5. The Morgan fingerprint density at radius 2 is 0.843 bits per heavy atom. The molecule has 0 aliphatic heterocycles. The second-order valence-electron chi connectivity index (χ2n) is 17.8. The molecule has 0 unspecified atom stereocenters. The first-order valence-electron chi connectivity index (χ1n) is 23.6. The lowest BCUT2D eigenvalue weighted by atomic mass is 9.89. The maximum atomic E-state index is 6.64. The van der Waals surface area contributed by atoms with Crippen molar-refractivity contribution in [3.05, 3.63) is 237 Å². The Balaban J connectivity index is 0.872. The van der Waals surface area contributed by atoms with Crippen LogP contribution in [-0.4, -0.2) is 15.0 Å². The fraction of sp³-hybridized carbons (Fsp3) is 0. The van der Waals surface area contributed by atoms with E-state index in [1.165, 1.54) is 0 Å². The van der Waals surface area contributed by atoms with E-state index in [9.17, 15) is 0 Å². The molecule has 326 valence electrons. The van der Waals surface area contributed by atoms with Gasteiger partial charge in [-0.2, -0.15) is 0 Å². The van der Waals surface area contributed by atoms with Crippen LogP contribution in [0.3, 0.4) is 0 Å². The van der Waals surface area contributed by atoms with Crippen LogP contribution in [0.5, 0.6) is 0 Å². The summed E-state index contributed by atoms with van der Waals surface area (Å²) in [4.78, 5) is 15.8. The highest BCUT2D eigenvalue weighted by Crippen LogP contribution is 2.47. The number of hydrogen-bond donors (Lipinski definition) is 0. The Morgan fingerprint density at radius 3 is 1.63 bits per heavy atom. The first-order valence-corrected chi connectivity index (χ1v) is 23.6. The molecule has 0 amide bonds. The number of hydrogen-bond acceptors (Lipinski definition) is 5. The zero-order valence-corrected chi connectivity index (χ0v) is 37.7. The summed E-state index contributed by atoms with van der Waals surface area (Å²) in [6.45, 7) is 0. The van der Waals surface area contributed by atoms with Gasteiger partial charge in [0.1, 0.15) is 22.3 Å². The molecular weight excluding hydrogens is 855 g/mol. The lowest BCUT2D eigenvalue weighted by Gasteiger charge is -2.16. The SMILES string of the molecule is c1ccc(-c2cc(-c3ccc(-c4cccc(-c5nc6ccccc6c6c(-c7ccccc7)c7c(cc56)oc5ccccc57)c4)cc3)nc(-c3cccc(-c4cccc5c4oc4ccccc45)c3)n2)cc1.